The highest BCUT2D eigenvalue weighted by molar-refractivity contribution is 6.08. The van der Waals surface area contributed by atoms with Crippen molar-refractivity contribution >= 4 is 17.3 Å². The number of hydrogen-bond donors (Lipinski definition) is 0. The molecule has 3 nitrogen and oxygen atoms in total. The zero-order valence-corrected chi connectivity index (χ0v) is 6.26. The van der Waals surface area contributed by atoms with E-state index in [0.29, 0.717) is 19.3 Å². The zero-order chi connectivity index (χ0) is 8.27. The molecule has 1 aliphatic rings. The van der Waals surface area contributed by atoms with Gasteiger partial charge >= 0.3 is 0 Å². The van der Waals surface area contributed by atoms with Crippen molar-refractivity contribution < 1.29 is 14.4 Å². The van der Waals surface area contributed by atoms with E-state index < -0.39 is 0 Å². The van der Waals surface area contributed by atoms with E-state index in [1.54, 1.807) is 0 Å². The molecule has 1 aliphatic carbocycles. The lowest BCUT2D eigenvalue weighted by atomic mass is 9.98. The molecule has 0 saturated heterocycles. The largest absolute Gasteiger partial charge is 0.299 e. The molecule has 3 heteroatoms. The molecule has 0 heterocycles. The Morgan fingerprint density at radius 3 is 1.64 bits per heavy atom. The van der Waals surface area contributed by atoms with E-state index in [1.807, 2.05) is 0 Å². The fraction of sp³-hybridized carbons (Fsp3) is 0.625. The van der Waals surface area contributed by atoms with Crippen LogP contribution in [-0.4, -0.2) is 17.3 Å². The number of ketones is 3. The van der Waals surface area contributed by atoms with Gasteiger partial charge in [-0.05, 0) is 6.42 Å². The second-order valence-electron chi connectivity index (χ2n) is 2.82. The number of Topliss-reactive ketones (excluding diaryl/α,β-unsaturated/α-hetero) is 3. The first-order valence-electron chi connectivity index (χ1n) is 3.73. The van der Waals surface area contributed by atoms with Gasteiger partial charge in [0.25, 0.3) is 0 Å². The van der Waals surface area contributed by atoms with Crippen LogP contribution < -0.4 is 0 Å². The summed E-state index contributed by atoms with van der Waals surface area (Å²) < 4.78 is 0. The molecule has 0 N–H and O–H groups in total. The molecule has 0 radical (unpaired) electrons. The maximum Gasteiger partial charge on any atom is 0.147 e. The van der Waals surface area contributed by atoms with Crippen molar-refractivity contribution in [3.8, 4) is 0 Å². The number of rotatable bonds is 0. The normalized spacial score (nSPS) is 21.3. The Kier molecular flexibility index (Phi) is 2.52. The van der Waals surface area contributed by atoms with Gasteiger partial charge in [0.2, 0.25) is 0 Å². The standard InChI is InChI=1S/C8H10O3/c9-6-2-1-3-7(10)5-8(11)4-6/h1-5H2. The molecule has 0 aliphatic heterocycles. The van der Waals surface area contributed by atoms with Crippen molar-refractivity contribution in [2.75, 3.05) is 0 Å². The van der Waals surface area contributed by atoms with Crippen molar-refractivity contribution in [2.45, 2.75) is 32.1 Å². The molecule has 0 spiro atoms. The summed E-state index contributed by atoms with van der Waals surface area (Å²) in [6.07, 6.45) is 1.32. The van der Waals surface area contributed by atoms with E-state index in [2.05, 4.69) is 0 Å². The van der Waals surface area contributed by atoms with Crippen molar-refractivity contribution in [3.05, 3.63) is 0 Å². The SMILES string of the molecule is O=C1CCCC(=O)CC(=O)C1. The minimum absolute atomic E-state index is 0.0255. The summed E-state index contributed by atoms with van der Waals surface area (Å²) >= 11 is 0. The predicted molar refractivity (Wildman–Crippen MR) is 38.1 cm³/mol. The van der Waals surface area contributed by atoms with E-state index in [4.69, 9.17) is 0 Å². The maximum atomic E-state index is 10.8. The Bertz CT molecular complexity index is 185. The fourth-order valence-corrected chi connectivity index (χ4v) is 1.16. The first-order chi connectivity index (χ1) is 5.18. The van der Waals surface area contributed by atoms with Gasteiger partial charge in [-0.25, -0.2) is 0 Å². The Labute approximate surface area is 64.8 Å². The van der Waals surface area contributed by atoms with Gasteiger partial charge in [-0.1, -0.05) is 0 Å². The van der Waals surface area contributed by atoms with E-state index in [0.717, 1.165) is 0 Å². The molecule has 0 aromatic carbocycles. The van der Waals surface area contributed by atoms with Crippen LogP contribution in [0.4, 0.5) is 0 Å². The molecule has 1 saturated carbocycles. The summed E-state index contributed by atoms with van der Waals surface area (Å²) in [5.41, 5.74) is 0. The predicted octanol–water partition coefficient (Wildman–Crippen LogP) is 0.658. The lowest BCUT2D eigenvalue weighted by molar-refractivity contribution is -0.131. The van der Waals surface area contributed by atoms with Crippen LogP contribution in [0.1, 0.15) is 32.1 Å². The summed E-state index contributed by atoms with van der Waals surface area (Å²) in [6, 6.07) is 0. The summed E-state index contributed by atoms with van der Waals surface area (Å²) in [7, 11) is 0. The Hall–Kier alpha value is -0.990. The van der Waals surface area contributed by atoms with Crippen LogP contribution >= 0.6 is 0 Å². The minimum atomic E-state index is -0.222. The molecule has 60 valence electrons. The molecule has 1 fully saturated rings. The summed E-state index contributed by atoms with van der Waals surface area (Å²) in [5, 5.41) is 0. The first kappa shape index (κ1) is 8.11. The molecule has 0 bridgehead atoms. The monoisotopic (exact) mass is 154 g/mol. The highest BCUT2D eigenvalue weighted by atomic mass is 16.2. The van der Waals surface area contributed by atoms with Crippen LogP contribution in [-0.2, 0) is 14.4 Å². The van der Waals surface area contributed by atoms with Gasteiger partial charge in [-0.15, -0.1) is 0 Å². The smallest absolute Gasteiger partial charge is 0.147 e. The fourth-order valence-electron chi connectivity index (χ4n) is 1.16. The Balaban J connectivity index is 2.54. The van der Waals surface area contributed by atoms with Gasteiger partial charge < -0.3 is 0 Å². The number of carbonyl (C=O) groups excluding carboxylic acids is 3. The van der Waals surface area contributed by atoms with E-state index >= 15 is 0 Å². The van der Waals surface area contributed by atoms with Gasteiger partial charge in [-0.3, -0.25) is 14.4 Å². The molecule has 1 rings (SSSR count). The van der Waals surface area contributed by atoms with Crippen molar-refractivity contribution in [2.24, 2.45) is 0 Å². The van der Waals surface area contributed by atoms with Gasteiger partial charge in [0.15, 0.2) is 0 Å². The molecule has 0 aromatic heterocycles. The van der Waals surface area contributed by atoms with Crippen LogP contribution in [0, 0.1) is 0 Å². The number of carbonyl (C=O) groups is 3. The van der Waals surface area contributed by atoms with Crippen molar-refractivity contribution in [1.82, 2.24) is 0 Å². The third-order valence-electron chi connectivity index (χ3n) is 1.70. The average Bonchev–Trinajstić information content (AvgIpc) is 1.83. The summed E-state index contributed by atoms with van der Waals surface area (Å²) in [6.45, 7) is 0. The van der Waals surface area contributed by atoms with Gasteiger partial charge in [0, 0.05) is 12.8 Å². The molecular weight excluding hydrogens is 144 g/mol. The lowest BCUT2D eigenvalue weighted by Gasteiger charge is -2.04. The Morgan fingerprint density at radius 2 is 1.18 bits per heavy atom. The van der Waals surface area contributed by atoms with E-state index in [-0.39, 0.29) is 30.2 Å². The van der Waals surface area contributed by atoms with Crippen LogP contribution in [0.25, 0.3) is 0 Å². The lowest BCUT2D eigenvalue weighted by Crippen LogP contribution is -2.16. The van der Waals surface area contributed by atoms with Crippen molar-refractivity contribution in [3.63, 3.8) is 0 Å². The molecule has 0 atom stereocenters. The van der Waals surface area contributed by atoms with Gasteiger partial charge in [-0.2, -0.15) is 0 Å². The summed E-state index contributed by atoms with van der Waals surface area (Å²) in [5.74, 6) is -0.273. The average molecular weight is 154 g/mol. The summed E-state index contributed by atoms with van der Waals surface area (Å²) in [4.78, 5) is 32.5. The Morgan fingerprint density at radius 1 is 0.727 bits per heavy atom. The van der Waals surface area contributed by atoms with Crippen molar-refractivity contribution in [1.29, 1.82) is 0 Å². The van der Waals surface area contributed by atoms with Crippen LogP contribution in [0.2, 0.25) is 0 Å². The third-order valence-corrected chi connectivity index (χ3v) is 1.70. The van der Waals surface area contributed by atoms with Crippen LogP contribution in [0.3, 0.4) is 0 Å². The van der Waals surface area contributed by atoms with Gasteiger partial charge in [0.05, 0.1) is 12.8 Å². The first-order valence-corrected chi connectivity index (χ1v) is 3.73. The molecule has 0 unspecified atom stereocenters. The molecule has 11 heavy (non-hydrogen) atoms. The van der Waals surface area contributed by atoms with E-state index in [1.165, 1.54) is 0 Å². The van der Waals surface area contributed by atoms with Gasteiger partial charge in [0.1, 0.15) is 17.3 Å². The third kappa shape index (κ3) is 2.62. The topological polar surface area (TPSA) is 51.2 Å². The second-order valence-corrected chi connectivity index (χ2v) is 2.82. The quantitative estimate of drug-likeness (QED) is 0.481. The number of hydrogen-bond acceptors (Lipinski definition) is 3. The van der Waals surface area contributed by atoms with Crippen LogP contribution in [0.15, 0.2) is 0 Å². The highest BCUT2D eigenvalue weighted by Gasteiger charge is 2.17. The minimum Gasteiger partial charge on any atom is -0.299 e. The maximum absolute atomic E-state index is 10.8. The zero-order valence-electron chi connectivity index (χ0n) is 6.26. The van der Waals surface area contributed by atoms with E-state index in [9.17, 15) is 14.4 Å². The molecule has 0 amide bonds. The second kappa shape index (κ2) is 3.42. The van der Waals surface area contributed by atoms with Crippen LogP contribution in [0.5, 0.6) is 0 Å². The molecular formula is C8H10O3. The highest BCUT2D eigenvalue weighted by Crippen LogP contribution is 2.08. The molecule has 0 aromatic rings.